The predicted molar refractivity (Wildman–Crippen MR) is 108 cm³/mol. The maximum Gasteiger partial charge on any atom is 0.226 e. The van der Waals surface area contributed by atoms with Crippen molar-refractivity contribution in [2.75, 3.05) is 5.32 Å². The minimum atomic E-state index is -0.308. The quantitative estimate of drug-likeness (QED) is 0.699. The number of ketones is 1. The van der Waals surface area contributed by atoms with Crippen LogP contribution in [0.15, 0.2) is 66.6 Å². The van der Waals surface area contributed by atoms with Crippen LogP contribution in [0.25, 0.3) is 0 Å². The molecule has 5 rings (SSSR count). The van der Waals surface area contributed by atoms with E-state index in [2.05, 4.69) is 52.7 Å². The molecule has 1 aliphatic carbocycles. The number of carbonyl (C=O) groups excluding carboxylic acids is 1. The molecule has 1 aromatic heterocycles. The van der Waals surface area contributed by atoms with Crippen LogP contribution in [0.3, 0.4) is 0 Å². The number of carbonyl (C=O) groups is 1. The number of fused-ring (bicyclic) bond motifs is 2. The number of allylic oxidation sites excluding steroid dienone is 2. The van der Waals surface area contributed by atoms with Crippen molar-refractivity contribution >= 4 is 23.3 Å². The summed E-state index contributed by atoms with van der Waals surface area (Å²) < 4.78 is 1.80. The molecule has 1 N–H and O–H groups in total. The lowest BCUT2D eigenvalue weighted by Gasteiger charge is -2.38. The number of benzene rings is 2. The Hall–Kier alpha value is -2.92. The molecule has 0 saturated heterocycles. The van der Waals surface area contributed by atoms with Gasteiger partial charge in [0.1, 0.15) is 12.1 Å². The van der Waals surface area contributed by atoms with Gasteiger partial charge in [0.15, 0.2) is 0 Å². The van der Waals surface area contributed by atoms with Crippen LogP contribution in [-0.2, 0) is 4.79 Å². The Bertz CT molecular complexity index is 1070. The van der Waals surface area contributed by atoms with Gasteiger partial charge >= 0.3 is 0 Å². The first kappa shape index (κ1) is 17.2. The number of halogens is 1. The van der Waals surface area contributed by atoms with E-state index in [0.717, 1.165) is 16.8 Å². The van der Waals surface area contributed by atoms with Crippen LogP contribution in [0.2, 0.25) is 5.02 Å². The van der Waals surface area contributed by atoms with Gasteiger partial charge < -0.3 is 5.32 Å². The first-order chi connectivity index (χ1) is 13.6. The zero-order valence-corrected chi connectivity index (χ0v) is 16.1. The van der Waals surface area contributed by atoms with Crippen molar-refractivity contribution in [2.45, 2.75) is 25.3 Å². The second kappa shape index (κ2) is 6.60. The lowest BCUT2D eigenvalue weighted by Crippen LogP contribution is -2.40. The topological polar surface area (TPSA) is 59.8 Å². The monoisotopic (exact) mass is 390 g/mol. The lowest BCUT2D eigenvalue weighted by molar-refractivity contribution is -0.123. The standard InChI is InChI=1S/C22H19ClN4O/c1-13-2-4-14(5-3-13)16-10-18-20(19(28)11-16)21(15-6-8-17(23)9-7-15)27-22(26-18)24-12-25-27/h2-10,12,16,20-21H,11H2,1H3,(H,24,25,26)/t16-,20-,21-/m1/s1. The number of hydrogen-bond acceptors (Lipinski definition) is 4. The summed E-state index contributed by atoms with van der Waals surface area (Å²) >= 11 is 6.07. The fourth-order valence-corrected chi connectivity index (χ4v) is 4.32. The van der Waals surface area contributed by atoms with E-state index >= 15 is 0 Å². The Morgan fingerprint density at radius 2 is 1.79 bits per heavy atom. The average Bonchev–Trinajstić information content (AvgIpc) is 3.16. The number of aryl methyl sites for hydroxylation is 1. The van der Waals surface area contributed by atoms with Crippen molar-refractivity contribution in [3.63, 3.8) is 0 Å². The summed E-state index contributed by atoms with van der Waals surface area (Å²) in [5.74, 6) is 0.612. The van der Waals surface area contributed by atoms with Gasteiger partial charge in [0.05, 0.1) is 12.0 Å². The van der Waals surface area contributed by atoms with Crippen molar-refractivity contribution in [1.82, 2.24) is 14.8 Å². The van der Waals surface area contributed by atoms with Crippen LogP contribution in [0.4, 0.5) is 5.95 Å². The number of nitrogens with zero attached hydrogens (tertiary/aromatic N) is 3. The molecule has 2 aromatic carbocycles. The van der Waals surface area contributed by atoms with E-state index in [-0.39, 0.29) is 23.7 Å². The largest absolute Gasteiger partial charge is 0.328 e. The fraction of sp³-hybridized carbons (Fsp3) is 0.227. The highest BCUT2D eigenvalue weighted by Crippen LogP contribution is 2.44. The number of nitrogens with one attached hydrogen (secondary N) is 1. The summed E-state index contributed by atoms with van der Waals surface area (Å²) in [7, 11) is 0. The van der Waals surface area contributed by atoms with Crippen LogP contribution in [-0.4, -0.2) is 20.5 Å². The molecule has 2 heterocycles. The summed E-state index contributed by atoms with van der Waals surface area (Å²) in [6.07, 6.45) is 4.18. The third kappa shape index (κ3) is 2.83. The molecule has 0 saturated carbocycles. The summed E-state index contributed by atoms with van der Waals surface area (Å²) in [5, 5.41) is 8.38. The summed E-state index contributed by atoms with van der Waals surface area (Å²) in [6, 6.07) is 15.8. The van der Waals surface area contributed by atoms with Gasteiger partial charge in [-0.2, -0.15) is 10.1 Å². The molecule has 3 aromatic rings. The minimum absolute atomic E-state index is 0.0622. The van der Waals surface area contributed by atoms with Crippen molar-refractivity contribution in [3.05, 3.63) is 88.3 Å². The maximum absolute atomic E-state index is 13.3. The average molecular weight is 391 g/mol. The van der Waals surface area contributed by atoms with Gasteiger partial charge in [-0.25, -0.2) is 4.68 Å². The first-order valence-corrected chi connectivity index (χ1v) is 9.71. The van der Waals surface area contributed by atoms with E-state index in [4.69, 9.17) is 11.6 Å². The first-order valence-electron chi connectivity index (χ1n) is 9.33. The van der Waals surface area contributed by atoms with Crippen molar-refractivity contribution in [1.29, 1.82) is 0 Å². The highest BCUT2D eigenvalue weighted by atomic mass is 35.5. The minimum Gasteiger partial charge on any atom is -0.328 e. The zero-order valence-electron chi connectivity index (χ0n) is 15.3. The molecule has 0 radical (unpaired) electrons. The molecule has 140 valence electrons. The molecule has 0 bridgehead atoms. The van der Waals surface area contributed by atoms with E-state index in [9.17, 15) is 4.79 Å². The third-order valence-electron chi connectivity index (χ3n) is 5.61. The Labute approximate surface area is 168 Å². The second-order valence-corrected chi connectivity index (χ2v) is 7.87. The molecule has 2 aliphatic rings. The molecule has 5 nitrogen and oxygen atoms in total. The SMILES string of the molecule is Cc1ccc([C@@H]2C=C3Nc4ncnn4[C@H](c4ccc(Cl)cc4)[C@H]3C(=O)C2)cc1. The van der Waals surface area contributed by atoms with Gasteiger partial charge in [-0.3, -0.25) is 4.79 Å². The number of Topliss-reactive ketones (excluding diaryl/α,β-unsaturated/α-hetero) is 1. The summed E-state index contributed by atoms with van der Waals surface area (Å²) in [4.78, 5) is 17.6. The van der Waals surface area contributed by atoms with E-state index in [1.807, 2.05) is 24.3 Å². The number of rotatable bonds is 2. The van der Waals surface area contributed by atoms with Crippen LogP contribution in [0.1, 0.15) is 35.1 Å². The molecule has 0 spiro atoms. The molecular formula is C22H19ClN4O. The van der Waals surface area contributed by atoms with Gasteiger partial charge in [-0.15, -0.1) is 0 Å². The Morgan fingerprint density at radius 1 is 1.07 bits per heavy atom. The van der Waals surface area contributed by atoms with Crippen molar-refractivity contribution in [2.24, 2.45) is 5.92 Å². The van der Waals surface area contributed by atoms with Crippen LogP contribution < -0.4 is 5.32 Å². The molecule has 0 fully saturated rings. The number of aromatic nitrogens is 3. The summed E-state index contributed by atoms with van der Waals surface area (Å²) in [6.45, 7) is 2.07. The number of anilines is 1. The van der Waals surface area contributed by atoms with Gasteiger partial charge in [-0.1, -0.05) is 59.6 Å². The van der Waals surface area contributed by atoms with Crippen LogP contribution in [0.5, 0.6) is 0 Å². The van der Waals surface area contributed by atoms with Gasteiger partial charge in [0.25, 0.3) is 0 Å². The third-order valence-corrected chi connectivity index (χ3v) is 5.86. The van der Waals surface area contributed by atoms with Gasteiger partial charge in [-0.05, 0) is 30.2 Å². The zero-order chi connectivity index (χ0) is 19.3. The van der Waals surface area contributed by atoms with Crippen LogP contribution in [0, 0.1) is 12.8 Å². The van der Waals surface area contributed by atoms with Gasteiger partial charge in [0.2, 0.25) is 5.95 Å². The van der Waals surface area contributed by atoms with Crippen LogP contribution >= 0.6 is 11.6 Å². The smallest absolute Gasteiger partial charge is 0.226 e. The fourth-order valence-electron chi connectivity index (χ4n) is 4.20. The van der Waals surface area contributed by atoms with E-state index in [1.54, 1.807) is 4.68 Å². The van der Waals surface area contributed by atoms with Crippen molar-refractivity contribution in [3.8, 4) is 0 Å². The molecule has 0 unspecified atom stereocenters. The molecule has 1 aliphatic heterocycles. The van der Waals surface area contributed by atoms with Crippen molar-refractivity contribution < 1.29 is 4.79 Å². The molecule has 6 heteroatoms. The molecule has 0 amide bonds. The Kier molecular flexibility index (Phi) is 4.05. The Morgan fingerprint density at radius 3 is 2.54 bits per heavy atom. The maximum atomic E-state index is 13.3. The van der Waals surface area contributed by atoms with E-state index < -0.39 is 0 Å². The second-order valence-electron chi connectivity index (χ2n) is 7.44. The predicted octanol–water partition coefficient (Wildman–Crippen LogP) is 4.51. The lowest BCUT2D eigenvalue weighted by atomic mass is 9.75. The molecule has 28 heavy (non-hydrogen) atoms. The van der Waals surface area contributed by atoms with E-state index in [1.165, 1.54) is 11.9 Å². The summed E-state index contributed by atoms with van der Waals surface area (Å²) in [5.41, 5.74) is 4.27. The Balaban J connectivity index is 1.60. The van der Waals surface area contributed by atoms with Gasteiger partial charge in [0, 0.05) is 23.1 Å². The van der Waals surface area contributed by atoms with E-state index in [0.29, 0.717) is 17.4 Å². The highest BCUT2D eigenvalue weighted by Gasteiger charge is 2.43. The molecule has 3 atom stereocenters. The number of hydrogen-bond donors (Lipinski definition) is 1. The highest BCUT2D eigenvalue weighted by molar-refractivity contribution is 6.30. The normalized spacial score (nSPS) is 23.4. The molecular weight excluding hydrogens is 372 g/mol.